The molecular formula is C11H10ClNO2. The molecule has 0 amide bonds. The number of nitrogens with two attached hydrogens (primary N) is 1. The molecule has 0 heterocycles. The van der Waals surface area contributed by atoms with Crippen molar-refractivity contribution in [2.24, 2.45) is 5.73 Å². The number of benzene rings is 1. The minimum atomic E-state index is -1.03. The van der Waals surface area contributed by atoms with Crippen LogP contribution in [0, 0.1) is 11.8 Å². The molecular weight excluding hydrogens is 214 g/mol. The van der Waals surface area contributed by atoms with E-state index in [2.05, 4.69) is 11.8 Å². The number of carbonyl (C=O) groups is 1. The van der Waals surface area contributed by atoms with Crippen LogP contribution in [0.2, 0.25) is 5.02 Å². The van der Waals surface area contributed by atoms with Crippen LogP contribution in [0.3, 0.4) is 0 Å². The van der Waals surface area contributed by atoms with Crippen molar-refractivity contribution < 1.29 is 9.90 Å². The molecule has 0 bridgehead atoms. The molecule has 0 aliphatic heterocycles. The van der Waals surface area contributed by atoms with Gasteiger partial charge < -0.3 is 10.8 Å². The molecule has 1 rings (SSSR count). The van der Waals surface area contributed by atoms with Crippen molar-refractivity contribution in [3.8, 4) is 11.8 Å². The first kappa shape index (κ1) is 11.6. The van der Waals surface area contributed by atoms with Gasteiger partial charge in [0, 0.05) is 13.0 Å². The van der Waals surface area contributed by atoms with E-state index in [1.165, 1.54) is 6.07 Å². The number of carboxylic acid groups (broad SMARTS) is 1. The molecule has 0 fully saturated rings. The van der Waals surface area contributed by atoms with Gasteiger partial charge in [0.2, 0.25) is 0 Å². The zero-order chi connectivity index (χ0) is 11.3. The first-order valence-corrected chi connectivity index (χ1v) is 4.75. The summed E-state index contributed by atoms with van der Waals surface area (Å²) in [6.07, 6.45) is 0.518. The number of halogens is 1. The highest BCUT2D eigenvalue weighted by Gasteiger charge is 2.10. The molecule has 0 aliphatic carbocycles. The molecule has 15 heavy (non-hydrogen) atoms. The van der Waals surface area contributed by atoms with Crippen molar-refractivity contribution in [2.45, 2.75) is 6.42 Å². The maximum atomic E-state index is 10.9. The van der Waals surface area contributed by atoms with E-state index in [0.717, 1.165) is 0 Å². The molecule has 3 N–H and O–H groups in total. The summed E-state index contributed by atoms with van der Waals surface area (Å²) in [5.41, 5.74) is 5.74. The number of aromatic carboxylic acids is 1. The Morgan fingerprint density at radius 2 is 2.27 bits per heavy atom. The highest BCUT2D eigenvalue weighted by molar-refractivity contribution is 6.32. The molecule has 0 aliphatic rings. The number of rotatable bonds is 2. The second-order valence-electron chi connectivity index (χ2n) is 2.81. The fourth-order valence-corrected chi connectivity index (χ4v) is 1.27. The Morgan fingerprint density at radius 1 is 1.53 bits per heavy atom. The monoisotopic (exact) mass is 223 g/mol. The van der Waals surface area contributed by atoms with Crippen molar-refractivity contribution in [1.82, 2.24) is 0 Å². The molecule has 78 valence electrons. The molecule has 4 heteroatoms. The molecule has 0 saturated heterocycles. The van der Waals surface area contributed by atoms with Gasteiger partial charge in [-0.15, -0.1) is 0 Å². The average Bonchev–Trinajstić information content (AvgIpc) is 2.20. The van der Waals surface area contributed by atoms with E-state index in [0.29, 0.717) is 23.6 Å². The Morgan fingerprint density at radius 3 is 2.87 bits per heavy atom. The number of hydrogen-bond donors (Lipinski definition) is 2. The van der Waals surface area contributed by atoms with Gasteiger partial charge in [-0.05, 0) is 12.1 Å². The third-order valence-corrected chi connectivity index (χ3v) is 2.04. The van der Waals surface area contributed by atoms with Crippen LogP contribution >= 0.6 is 11.6 Å². The lowest BCUT2D eigenvalue weighted by atomic mass is 10.1. The van der Waals surface area contributed by atoms with Gasteiger partial charge in [0.1, 0.15) is 0 Å². The number of hydrogen-bond acceptors (Lipinski definition) is 2. The fraction of sp³-hybridized carbons (Fsp3) is 0.182. The molecule has 0 aromatic heterocycles. The van der Waals surface area contributed by atoms with Gasteiger partial charge >= 0.3 is 5.97 Å². The van der Waals surface area contributed by atoms with Crippen molar-refractivity contribution in [2.75, 3.05) is 6.54 Å². The third-order valence-electron chi connectivity index (χ3n) is 1.73. The summed E-state index contributed by atoms with van der Waals surface area (Å²) in [5.74, 6) is 4.45. The van der Waals surface area contributed by atoms with Crippen molar-refractivity contribution >= 4 is 17.6 Å². The van der Waals surface area contributed by atoms with Gasteiger partial charge in [0.15, 0.2) is 0 Å². The Bertz CT molecular complexity index is 432. The standard InChI is InChI=1S/C11H10ClNO2/c12-10-6-3-5-9(11(14)15)8(10)4-1-2-7-13/h3,5-6H,2,7,13H2,(H,14,15). The van der Waals surface area contributed by atoms with Crippen LogP contribution in [0.4, 0.5) is 0 Å². The van der Waals surface area contributed by atoms with Gasteiger partial charge in [-0.3, -0.25) is 0 Å². The van der Waals surface area contributed by atoms with Gasteiger partial charge in [-0.1, -0.05) is 29.5 Å². The van der Waals surface area contributed by atoms with Crippen LogP contribution < -0.4 is 5.73 Å². The Hall–Kier alpha value is -1.50. The predicted molar refractivity (Wildman–Crippen MR) is 59.0 cm³/mol. The molecule has 0 saturated carbocycles. The van der Waals surface area contributed by atoms with E-state index >= 15 is 0 Å². The van der Waals surface area contributed by atoms with Crippen molar-refractivity contribution in [3.63, 3.8) is 0 Å². The van der Waals surface area contributed by atoms with Gasteiger partial charge in [0.05, 0.1) is 16.1 Å². The lowest BCUT2D eigenvalue weighted by Gasteiger charge is -2.00. The summed E-state index contributed by atoms with van der Waals surface area (Å²) in [4.78, 5) is 10.9. The van der Waals surface area contributed by atoms with Crippen LogP contribution in [0.25, 0.3) is 0 Å². The van der Waals surface area contributed by atoms with Crippen molar-refractivity contribution in [3.05, 3.63) is 34.3 Å². The second kappa shape index (κ2) is 5.40. The molecule has 3 nitrogen and oxygen atoms in total. The van der Waals surface area contributed by atoms with Crippen LogP contribution in [-0.2, 0) is 0 Å². The highest BCUT2D eigenvalue weighted by atomic mass is 35.5. The van der Waals surface area contributed by atoms with Crippen LogP contribution in [0.1, 0.15) is 22.3 Å². The van der Waals surface area contributed by atoms with E-state index in [1.807, 2.05) is 0 Å². The molecule has 0 spiro atoms. The quantitative estimate of drug-likeness (QED) is 0.751. The fourth-order valence-electron chi connectivity index (χ4n) is 1.05. The van der Waals surface area contributed by atoms with Crippen LogP contribution in [-0.4, -0.2) is 17.6 Å². The first-order chi connectivity index (χ1) is 7.16. The number of carboxylic acids is 1. The maximum Gasteiger partial charge on any atom is 0.337 e. The lowest BCUT2D eigenvalue weighted by Crippen LogP contribution is -2.00. The van der Waals surface area contributed by atoms with E-state index < -0.39 is 5.97 Å². The Balaban J connectivity index is 3.15. The summed E-state index contributed by atoms with van der Waals surface area (Å²) in [6.45, 7) is 0.444. The van der Waals surface area contributed by atoms with E-state index in [4.69, 9.17) is 22.4 Å². The highest BCUT2D eigenvalue weighted by Crippen LogP contribution is 2.18. The van der Waals surface area contributed by atoms with Gasteiger partial charge in [-0.2, -0.15) is 0 Å². The first-order valence-electron chi connectivity index (χ1n) is 4.37. The van der Waals surface area contributed by atoms with E-state index in [1.54, 1.807) is 12.1 Å². The summed E-state index contributed by atoms with van der Waals surface area (Å²) >= 11 is 5.86. The van der Waals surface area contributed by atoms with Crippen molar-refractivity contribution in [1.29, 1.82) is 0 Å². The molecule has 1 aromatic rings. The van der Waals surface area contributed by atoms with Crippen LogP contribution in [0.5, 0.6) is 0 Å². The second-order valence-corrected chi connectivity index (χ2v) is 3.22. The summed E-state index contributed by atoms with van der Waals surface area (Å²) in [6, 6.07) is 4.67. The molecule has 0 unspecified atom stereocenters. The Kier molecular flexibility index (Phi) is 4.17. The minimum Gasteiger partial charge on any atom is -0.478 e. The third kappa shape index (κ3) is 2.98. The summed E-state index contributed by atoms with van der Waals surface area (Å²) in [5, 5.41) is 9.24. The maximum absolute atomic E-state index is 10.9. The summed E-state index contributed by atoms with van der Waals surface area (Å²) < 4.78 is 0. The predicted octanol–water partition coefficient (Wildman–Crippen LogP) is 1.74. The van der Waals surface area contributed by atoms with Gasteiger partial charge in [-0.25, -0.2) is 4.79 Å². The van der Waals surface area contributed by atoms with Crippen LogP contribution in [0.15, 0.2) is 18.2 Å². The molecule has 0 atom stereocenters. The minimum absolute atomic E-state index is 0.118. The topological polar surface area (TPSA) is 63.3 Å². The average molecular weight is 224 g/mol. The SMILES string of the molecule is NCCC#Cc1c(Cl)cccc1C(=O)O. The lowest BCUT2D eigenvalue weighted by molar-refractivity contribution is 0.0696. The zero-order valence-electron chi connectivity index (χ0n) is 7.96. The normalized spacial score (nSPS) is 9.20. The zero-order valence-corrected chi connectivity index (χ0v) is 8.71. The largest absolute Gasteiger partial charge is 0.478 e. The molecule has 0 radical (unpaired) electrons. The van der Waals surface area contributed by atoms with Gasteiger partial charge in [0.25, 0.3) is 0 Å². The van der Waals surface area contributed by atoms with E-state index in [9.17, 15) is 4.79 Å². The smallest absolute Gasteiger partial charge is 0.337 e. The van der Waals surface area contributed by atoms with E-state index in [-0.39, 0.29) is 5.56 Å². The Labute approximate surface area is 92.9 Å². The molecule has 1 aromatic carbocycles. The summed E-state index contributed by atoms with van der Waals surface area (Å²) in [7, 11) is 0.